The highest BCUT2D eigenvalue weighted by Gasteiger charge is 2.48. The molecule has 0 radical (unpaired) electrons. The van der Waals surface area contributed by atoms with Gasteiger partial charge in [-0.2, -0.15) is 4.31 Å². The molecule has 0 saturated carbocycles. The van der Waals surface area contributed by atoms with Gasteiger partial charge in [0.25, 0.3) is 5.91 Å². The smallest absolute Gasteiger partial charge is 0.252 e. The number of amides is 2. The number of sulfonamides is 1. The maximum Gasteiger partial charge on any atom is 0.252 e. The number of anilines is 1. The number of carbonyl (C=O) groups excluding carboxylic acids is 2. The van der Waals surface area contributed by atoms with Gasteiger partial charge in [0.15, 0.2) is 0 Å². The van der Waals surface area contributed by atoms with Gasteiger partial charge in [0.1, 0.15) is 6.04 Å². The van der Waals surface area contributed by atoms with E-state index in [1.807, 2.05) is 6.92 Å². The number of hydrogen-bond acceptors (Lipinski definition) is 4. The molecule has 1 fully saturated rings. The highest BCUT2D eigenvalue weighted by molar-refractivity contribution is 9.10. The zero-order chi connectivity index (χ0) is 20.5. The largest absolute Gasteiger partial charge is 0.274 e. The Balaban J connectivity index is 2.02. The monoisotopic (exact) mass is 464 g/mol. The number of para-hydroxylation sites is 1. The van der Waals surface area contributed by atoms with Crippen molar-refractivity contribution in [1.82, 2.24) is 4.31 Å². The molecule has 0 aliphatic carbocycles. The van der Waals surface area contributed by atoms with Gasteiger partial charge in [-0.25, -0.2) is 13.3 Å². The average molecular weight is 465 g/mol. The van der Waals surface area contributed by atoms with Gasteiger partial charge in [-0.05, 0) is 49.7 Å². The first-order valence-electron chi connectivity index (χ1n) is 8.98. The molecule has 1 aliphatic rings. The van der Waals surface area contributed by atoms with Crippen LogP contribution in [0.2, 0.25) is 0 Å². The Hall–Kier alpha value is -2.03. The minimum atomic E-state index is -3.96. The number of imide groups is 1. The molecule has 8 heteroatoms. The zero-order valence-corrected chi connectivity index (χ0v) is 18.0. The van der Waals surface area contributed by atoms with Crippen molar-refractivity contribution >= 4 is 43.5 Å². The Kier molecular flexibility index (Phi) is 6.02. The lowest BCUT2D eigenvalue weighted by Crippen LogP contribution is -2.49. The van der Waals surface area contributed by atoms with E-state index in [0.717, 1.165) is 9.37 Å². The van der Waals surface area contributed by atoms with Crippen molar-refractivity contribution in [3.05, 3.63) is 59.1 Å². The van der Waals surface area contributed by atoms with Gasteiger partial charge < -0.3 is 0 Å². The van der Waals surface area contributed by atoms with E-state index < -0.39 is 33.9 Å². The molecular formula is C20H21BrN2O4S. The van der Waals surface area contributed by atoms with Crippen molar-refractivity contribution in [2.24, 2.45) is 0 Å². The summed E-state index contributed by atoms with van der Waals surface area (Å²) in [6.45, 7) is 3.60. The van der Waals surface area contributed by atoms with Crippen molar-refractivity contribution in [3.8, 4) is 0 Å². The summed E-state index contributed by atoms with van der Waals surface area (Å²) in [4.78, 5) is 26.9. The van der Waals surface area contributed by atoms with Crippen LogP contribution in [0.25, 0.3) is 0 Å². The normalized spacial score (nSPS) is 18.7. The molecular weight excluding hydrogens is 444 g/mol. The van der Waals surface area contributed by atoms with Crippen LogP contribution in [0.15, 0.2) is 64.0 Å². The van der Waals surface area contributed by atoms with Crippen molar-refractivity contribution < 1.29 is 18.0 Å². The van der Waals surface area contributed by atoms with Gasteiger partial charge in [0, 0.05) is 10.5 Å². The number of benzene rings is 2. The van der Waals surface area contributed by atoms with Crippen LogP contribution in [-0.2, 0) is 19.6 Å². The van der Waals surface area contributed by atoms with Crippen LogP contribution in [0.1, 0.15) is 26.7 Å². The second-order valence-electron chi connectivity index (χ2n) is 6.67. The van der Waals surface area contributed by atoms with Crippen LogP contribution in [0.3, 0.4) is 0 Å². The van der Waals surface area contributed by atoms with E-state index in [1.54, 1.807) is 49.4 Å². The SMILES string of the molecule is CCC(C)N(C1CC(=O)N(c2ccccc2)C1=O)S(=O)(=O)c1ccc(Br)cc1. The van der Waals surface area contributed by atoms with Crippen LogP contribution in [-0.4, -0.2) is 36.6 Å². The van der Waals surface area contributed by atoms with Crippen LogP contribution >= 0.6 is 15.9 Å². The maximum atomic E-state index is 13.4. The van der Waals surface area contributed by atoms with Crippen LogP contribution in [0, 0.1) is 0 Å². The number of nitrogens with zero attached hydrogens (tertiary/aromatic N) is 2. The summed E-state index contributed by atoms with van der Waals surface area (Å²) in [6.07, 6.45) is 0.340. The Labute approximate surface area is 173 Å². The van der Waals surface area contributed by atoms with Gasteiger partial charge in [-0.1, -0.05) is 41.1 Å². The van der Waals surface area contributed by atoms with Gasteiger partial charge in [-0.15, -0.1) is 0 Å². The van der Waals surface area contributed by atoms with E-state index in [-0.39, 0.29) is 11.3 Å². The lowest BCUT2D eigenvalue weighted by atomic mass is 10.2. The highest BCUT2D eigenvalue weighted by atomic mass is 79.9. The third-order valence-electron chi connectivity index (χ3n) is 4.86. The first-order valence-corrected chi connectivity index (χ1v) is 11.2. The minimum Gasteiger partial charge on any atom is -0.274 e. The van der Waals surface area contributed by atoms with E-state index in [9.17, 15) is 18.0 Å². The molecule has 2 amide bonds. The molecule has 6 nitrogen and oxygen atoms in total. The first kappa shape index (κ1) is 20.7. The second-order valence-corrected chi connectivity index (χ2v) is 9.43. The van der Waals surface area contributed by atoms with E-state index in [0.29, 0.717) is 12.1 Å². The molecule has 0 bridgehead atoms. The molecule has 1 heterocycles. The Morgan fingerprint density at radius 3 is 2.29 bits per heavy atom. The van der Waals surface area contributed by atoms with Gasteiger partial charge in [0.2, 0.25) is 15.9 Å². The maximum absolute atomic E-state index is 13.4. The second kappa shape index (κ2) is 8.14. The molecule has 0 spiro atoms. The van der Waals surface area contributed by atoms with Gasteiger partial charge >= 0.3 is 0 Å². The summed E-state index contributed by atoms with van der Waals surface area (Å²) in [5.41, 5.74) is 0.449. The zero-order valence-electron chi connectivity index (χ0n) is 15.6. The minimum absolute atomic E-state index is 0.0920. The summed E-state index contributed by atoms with van der Waals surface area (Å²) in [6, 6.07) is 13.3. The Bertz CT molecular complexity index is 977. The standard InChI is InChI=1S/C20H21BrN2O4S/c1-3-14(2)23(28(26,27)17-11-9-15(21)10-12-17)18-13-19(24)22(20(18)25)16-7-5-4-6-8-16/h4-12,14,18H,3,13H2,1-2H3. The molecule has 0 aromatic heterocycles. The average Bonchev–Trinajstić information content (AvgIpc) is 2.96. The summed E-state index contributed by atoms with van der Waals surface area (Å²) < 4.78 is 28.7. The summed E-state index contributed by atoms with van der Waals surface area (Å²) >= 11 is 3.30. The van der Waals surface area contributed by atoms with E-state index in [2.05, 4.69) is 15.9 Å². The van der Waals surface area contributed by atoms with Crippen LogP contribution < -0.4 is 4.90 Å². The lowest BCUT2D eigenvalue weighted by molar-refractivity contribution is -0.122. The van der Waals surface area contributed by atoms with E-state index in [4.69, 9.17) is 0 Å². The third kappa shape index (κ3) is 3.76. The van der Waals surface area contributed by atoms with Crippen molar-refractivity contribution in [2.75, 3.05) is 4.90 Å². The molecule has 2 aromatic rings. The summed E-state index contributed by atoms with van der Waals surface area (Å²) in [5, 5.41) is 0. The van der Waals surface area contributed by atoms with Crippen molar-refractivity contribution in [1.29, 1.82) is 0 Å². The number of carbonyl (C=O) groups is 2. The predicted molar refractivity (Wildman–Crippen MR) is 110 cm³/mol. The van der Waals surface area contributed by atoms with Crippen LogP contribution in [0.5, 0.6) is 0 Å². The molecule has 2 atom stereocenters. The molecule has 1 aliphatic heterocycles. The van der Waals surface area contributed by atoms with Crippen molar-refractivity contribution in [3.63, 3.8) is 0 Å². The molecule has 3 rings (SSSR count). The topological polar surface area (TPSA) is 74.8 Å². The van der Waals surface area contributed by atoms with Gasteiger partial charge in [0.05, 0.1) is 17.0 Å². The first-order chi connectivity index (χ1) is 13.3. The number of halogens is 1. The molecule has 2 aromatic carbocycles. The molecule has 1 saturated heterocycles. The van der Waals surface area contributed by atoms with E-state index >= 15 is 0 Å². The molecule has 0 N–H and O–H groups in total. The summed E-state index contributed by atoms with van der Waals surface area (Å²) in [7, 11) is -3.96. The Morgan fingerprint density at radius 2 is 1.71 bits per heavy atom. The van der Waals surface area contributed by atoms with Gasteiger partial charge in [-0.3, -0.25) is 9.59 Å². The number of hydrogen-bond donors (Lipinski definition) is 0. The molecule has 2 unspecified atom stereocenters. The fourth-order valence-corrected chi connectivity index (χ4v) is 5.39. The highest BCUT2D eigenvalue weighted by Crippen LogP contribution is 2.31. The predicted octanol–water partition coefficient (Wildman–Crippen LogP) is 3.57. The Morgan fingerprint density at radius 1 is 1.11 bits per heavy atom. The van der Waals surface area contributed by atoms with Crippen molar-refractivity contribution in [2.45, 2.75) is 43.7 Å². The fourth-order valence-electron chi connectivity index (χ4n) is 3.28. The summed E-state index contributed by atoms with van der Waals surface area (Å²) in [5.74, 6) is -0.919. The quantitative estimate of drug-likeness (QED) is 0.612. The number of rotatable bonds is 6. The lowest BCUT2D eigenvalue weighted by Gasteiger charge is -2.31. The third-order valence-corrected chi connectivity index (χ3v) is 7.42. The molecule has 28 heavy (non-hydrogen) atoms. The van der Waals surface area contributed by atoms with Crippen LogP contribution in [0.4, 0.5) is 5.69 Å². The molecule has 148 valence electrons. The fraction of sp³-hybridized carbons (Fsp3) is 0.300. The van der Waals surface area contributed by atoms with E-state index in [1.165, 1.54) is 16.4 Å².